The first kappa shape index (κ1) is 68.7. The minimum atomic E-state index is -0.385. The smallest absolute Gasteiger partial charge is 0.307 e. The maximum absolute atomic E-state index is 11.5. The van der Waals surface area contributed by atoms with Crippen molar-refractivity contribution in [1.29, 1.82) is 0 Å². The summed E-state index contributed by atoms with van der Waals surface area (Å²) >= 11 is 0. The SMILES string of the molecule is C.C.C.C.C.C.CN1C(=O)Cc2ccccc2C1=O.Cn1[nH]c(=O)c2ccccc2c1=O.Cn1c(=O)[nH]c2ccccc2c1=O.Cn1cnc2ccccc2c1=O.Cn1ncc2ccccc2c1=O.Cn1nnc2ccccc2c1=O. The molecule has 0 fully saturated rings. The van der Waals surface area contributed by atoms with Crippen molar-refractivity contribution < 1.29 is 9.59 Å². The maximum atomic E-state index is 11.5. The Morgan fingerprint density at radius 2 is 0.975 bits per heavy atom. The molecule has 12 rings (SSSR count). The molecule has 0 bridgehead atoms. The van der Waals surface area contributed by atoms with Gasteiger partial charge < -0.3 is 9.55 Å². The topological polar surface area (TPSA) is 265 Å². The summed E-state index contributed by atoms with van der Waals surface area (Å²) in [5, 5.41) is 18.2. The first-order valence-corrected chi connectivity index (χ1v) is 22.8. The first-order chi connectivity index (χ1) is 36.0. The van der Waals surface area contributed by atoms with Crippen molar-refractivity contribution in [3.8, 4) is 0 Å². The summed E-state index contributed by atoms with van der Waals surface area (Å²) in [5.41, 5.74) is 2.21. The first-order valence-electron chi connectivity index (χ1n) is 22.8. The molecule has 0 unspecified atom stereocenters. The predicted octanol–water partition coefficient (Wildman–Crippen LogP) is 7.31. The Morgan fingerprint density at radius 1 is 0.469 bits per heavy atom. The number of likely N-dealkylation sites (N-methyl/N-ethyl adjacent to an activating group) is 1. The van der Waals surface area contributed by atoms with E-state index < -0.39 is 0 Å². The molecule has 5 aromatic heterocycles. The number of benzene rings is 6. The molecule has 0 aliphatic carbocycles. The van der Waals surface area contributed by atoms with Gasteiger partial charge in [-0.1, -0.05) is 135 Å². The highest BCUT2D eigenvalue weighted by atomic mass is 16.2. The number of hydrogen-bond acceptors (Lipinski definition) is 13. The van der Waals surface area contributed by atoms with Gasteiger partial charge in [0.1, 0.15) is 5.52 Å². The van der Waals surface area contributed by atoms with Gasteiger partial charge in [0.25, 0.3) is 39.3 Å². The third-order valence-corrected chi connectivity index (χ3v) is 11.6. The number of nitrogens with zero attached hydrogens (tertiary/aromatic N) is 10. The van der Waals surface area contributed by atoms with Gasteiger partial charge >= 0.3 is 5.69 Å². The number of carbonyl (C=O) groups excluding carboxylic acids is 2. The number of nitrogens with one attached hydrogen (secondary N) is 2. The molecule has 0 saturated carbocycles. The molecule has 0 atom stereocenters. The minimum Gasteiger partial charge on any atom is -0.307 e. The average Bonchev–Trinajstić information content (AvgIpc) is 3.44. The third kappa shape index (κ3) is 15.7. The predicted molar refractivity (Wildman–Crippen MR) is 326 cm³/mol. The quantitative estimate of drug-likeness (QED) is 0.141. The second kappa shape index (κ2) is 30.6. The van der Waals surface area contributed by atoms with Gasteiger partial charge in [-0.05, 0) is 66.2 Å². The number of aryl methyl sites for hydroxylation is 4. The molecule has 21 nitrogen and oxygen atoms in total. The summed E-state index contributed by atoms with van der Waals surface area (Å²) in [5.74, 6) is -0.337. The number of amides is 2. The van der Waals surface area contributed by atoms with Crippen molar-refractivity contribution in [3.05, 3.63) is 242 Å². The van der Waals surface area contributed by atoms with E-state index in [-0.39, 0.29) is 95.4 Å². The number of aromatic amines is 2. The summed E-state index contributed by atoms with van der Waals surface area (Å²) in [6.45, 7) is 0. The van der Waals surface area contributed by atoms with E-state index in [9.17, 15) is 43.2 Å². The van der Waals surface area contributed by atoms with E-state index in [0.29, 0.717) is 49.9 Å². The summed E-state index contributed by atoms with van der Waals surface area (Å²) < 4.78 is 6.28. The normalized spacial score (nSPS) is 10.6. The van der Waals surface area contributed by atoms with Crippen LogP contribution in [0, 0.1) is 0 Å². The molecule has 11 aromatic rings. The van der Waals surface area contributed by atoms with Crippen LogP contribution in [0.1, 0.15) is 60.5 Å². The lowest BCUT2D eigenvalue weighted by Gasteiger charge is -2.22. The van der Waals surface area contributed by atoms with Crippen LogP contribution in [0.4, 0.5) is 0 Å². The molecule has 1 aliphatic heterocycles. The van der Waals surface area contributed by atoms with Gasteiger partial charge in [-0.2, -0.15) is 5.10 Å². The van der Waals surface area contributed by atoms with Gasteiger partial charge in [0.15, 0.2) is 0 Å². The van der Waals surface area contributed by atoms with Gasteiger partial charge in [0.2, 0.25) is 5.91 Å². The van der Waals surface area contributed by atoms with E-state index in [0.717, 1.165) is 26.4 Å². The van der Waals surface area contributed by atoms with Gasteiger partial charge in [0.05, 0.1) is 62.3 Å². The number of fused-ring (bicyclic) bond motifs is 6. The van der Waals surface area contributed by atoms with E-state index in [1.165, 1.54) is 51.0 Å². The van der Waals surface area contributed by atoms with Crippen molar-refractivity contribution in [2.24, 2.45) is 35.2 Å². The summed E-state index contributed by atoms with van der Waals surface area (Å²) in [6, 6.07) is 42.8. The molecule has 2 amide bonds. The van der Waals surface area contributed by atoms with E-state index in [1.807, 2.05) is 60.7 Å². The summed E-state index contributed by atoms with van der Waals surface area (Å²) in [6.07, 6.45) is 3.56. The number of H-pyrrole nitrogens is 2. The molecule has 6 aromatic carbocycles. The Morgan fingerprint density at radius 3 is 1.63 bits per heavy atom. The van der Waals surface area contributed by atoms with Crippen LogP contribution in [0.2, 0.25) is 0 Å². The Labute approximate surface area is 467 Å². The lowest BCUT2D eigenvalue weighted by molar-refractivity contribution is -0.127. The summed E-state index contributed by atoms with van der Waals surface area (Å²) in [7, 11) is 9.42. The van der Waals surface area contributed by atoms with Crippen LogP contribution in [0.25, 0.3) is 54.3 Å². The number of imide groups is 1. The highest BCUT2D eigenvalue weighted by Gasteiger charge is 2.27. The van der Waals surface area contributed by atoms with Crippen LogP contribution in [0.3, 0.4) is 0 Å². The fourth-order valence-corrected chi connectivity index (χ4v) is 7.43. The molecule has 426 valence electrons. The van der Waals surface area contributed by atoms with Gasteiger partial charge in [-0.25, -0.2) is 19.1 Å². The summed E-state index contributed by atoms with van der Waals surface area (Å²) in [4.78, 5) is 110. The number of aromatic nitrogens is 11. The highest BCUT2D eigenvalue weighted by Crippen LogP contribution is 2.18. The number of hydrogen-bond donors (Lipinski definition) is 2. The van der Waals surface area contributed by atoms with E-state index in [4.69, 9.17) is 0 Å². The highest BCUT2D eigenvalue weighted by molar-refractivity contribution is 6.09. The van der Waals surface area contributed by atoms with E-state index >= 15 is 0 Å². The zero-order chi connectivity index (χ0) is 53.9. The molecular formula is C60H72N12O9. The monoisotopic (exact) mass is 1100 g/mol. The standard InChI is InChI=1S/C10H9NO2.2C9H8N2O2.2C9H8N2O.C8H7N3O.6CH4/c1-11-9(12)6-7-4-2-3-5-8(7)10(11)13;1-11-8(12)6-4-2-3-5-7(6)10-9(11)13;1-11-9(13)7-5-3-2-4-6(7)8(12)10-11;1-11-6-10-8-5-3-2-4-7(8)9(11)12;1-11-9(12)8-5-3-2-4-7(8)6-10-11;1-11-8(12)6-4-2-3-5-7(6)9-10-11;;;;;;/h2-5H,6H2,1H3;2-5H,1H3,(H,10,13);2-5H,1H3,(H,10,12);2*2-6H,1H3;2-5H,1H3;6*1H4. The molecule has 6 heterocycles. The molecule has 2 N–H and O–H groups in total. The van der Waals surface area contributed by atoms with Gasteiger partial charge in [0, 0.05) is 53.2 Å². The molecular weight excluding hydrogens is 1030 g/mol. The number of carbonyl (C=O) groups is 2. The number of rotatable bonds is 0. The fraction of sp³-hybridized carbons (Fsp3) is 0.217. The molecule has 0 saturated heterocycles. The van der Waals surface area contributed by atoms with Crippen molar-refractivity contribution >= 4 is 66.1 Å². The van der Waals surface area contributed by atoms with Crippen molar-refractivity contribution in [1.82, 2.24) is 58.6 Å². The Bertz CT molecular complexity index is 4170. The largest absolute Gasteiger partial charge is 0.328 e. The van der Waals surface area contributed by atoms with Crippen LogP contribution in [-0.2, 0) is 46.5 Å². The molecule has 81 heavy (non-hydrogen) atoms. The van der Waals surface area contributed by atoms with Gasteiger partial charge in [-0.3, -0.25) is 57.6 Å². The van der Waals surface area contributed by atoms with E-state index in [1.54, 1.807) is 112 Å². The Hall–Kier alpha value is -10.3. The van der Waals surface area contributed by atoms with Crippen LogP contribution in [0.5, 0.6) is 0 Å². The van der Waals surface area contributed by atoms with E-state index in [2.05, 4.69) is 30.5 Å². The van der Waals surface area contributed by atoms with Gasteiger partial charge in [-0.15, -0.1) is 5.10 Å². The van der Waals surface area contributed by atoms with Crippen molar-refractivity contribution in [3.63, 3.8) is 0 Å². The Kier molecular flexibility index (Phi) is 25.9. The Balaban J connectivity index is 0.000000479. The average molecular weight is 1110 g/mol. The van der Waals surface area contributed by atoms with Crippen LogP contribution >= 0.6 is 0 Å². The van der Waals surface area contributed by atoms with Crippen LogP contribution in [0.15, 0.2) is 192 Å². The maximum Gasteiger partial charge on any atom is 0.328 e. The number of para-hydroxylation sites is 2. The van der Waals surface area contributed by atoms with Crippen molar-refractivity contribution in [2.75, 3.05) is 7.05 Å². The molecule has 0 spiro atoms. The van der Waals surface area contributed by atoms with Crippen LogP contribution < -0.4 is 39.0 Å². The second-order valence-corrected chi connectivity index (χ2v) is 16.7. The minimum absolute atomic E-state index is 0. The fourth-order valence-electron chi connectivity index (χ4n) is 7.43. The van der Waals surface area contributed by atoms with Crippen molar-refractivity contribution in [2.45, 2.75) is 51.0 Å². The molecule has 21 heteroatoms. The lowest BCUT2D eigenvalue weighted by atomic mass is 9.99. The molecule has 0 radical (unpaired) electrons. The van der Waals surface area contributed by atoms with Crippen LogP contribution in [-0.4, -0.2) is 77.4 Å². The zero-order valence-electron chi connectivity index (χ0n) is 41.4. The molecule has 1 aliphatic rings. The lowest BCUT2D eigenvalue weighted by Crippen LogP contribution is -2.39. The second-order valence-electron chi connectivity index (χ2n) is 16.7. The zero-order valence-corrected chi connectivity index (χ0v) is 41.4. The third-order valence-electron chi connectivity index (χ3n) is 11.6.